The normalized spacial score (nSPS) is 21.8. The molecule has 1 aromatic carbocycles. The number of amides is 1. The minimum absolute atomic E-state index is 0.138. The molecule has 0 N–H and O–H groups in total. The second kappa shape index (κ2) is 8.67. The molecule has 1 amide bonds. The van der Waals surface area contributed by atoms with Crippen LogP contribution in [-0.2, 0) is 20.8 Å². The molecule has 0 spiro atoms. The van der Waals surface area contributed by atoms with E-state index in [2.05, 4.69) is 33.7 Å². The largest absolute Gasteiger partial charge is 0.381 e. The highest BCUT2D eigenvalue weighted by atomic mass is 16.5. The molecular formula is C26H31N5O3. The maximum absolute atomic E-state index is 12.9. The van der Waals surface area contributed by atoms with Crippen LogP contribution in [0.2, 0.25) is 0 Å². The van der Waals surface area contributed by atoms with Gasteiger partial charge in [0.1, 0.15) is 17.7 Å². The molecule has 5 heterocycles. The van der Waals surface area contributed by atoms with Crippen molar-refractivity contribution in [1.29, 1.82) is 0 Å². The topological polar surface area (TPSA) is 72.7 Å². The summed E-state index contributed by atoms with van der Waals surface area (Å²) in [6.45, 7) is 7.23. The number of morpholine rings is 1. The van der Waals surface area contributed by atoms with Crippen molar-refractivity contribution in [3.63, 3.8) is 0 Å². The zero-order chi connectivity index (χ0) is 23.2. The van der Waals surface area contributed by atoms with Crippen LogP contribution in [0.25, 0.3) is 22.0 Å². The first-order valence-electron chi connectivity index (χ1n) is 12.3. The number of pyridine rings is 1. The third kappa shape index (κ3) is 3.56. The van der Waals surface area contributed by atoms with Gasteiger partial charge in [-0.3, -0.25) is 4.79 Å². The fourth-order valence-electron chi connectivity index (χ4n) is 5.59. The van der Waals surface area contributed by atoms with Gasteiger partial charge in [0.15, 0.2) is 0 Å². The number of imidazole rings is 1. The Morgan fingerprint density at radius 2 is 1.82 bits per heavy atom. The highest BCUT2D eigenvalue weighted by Gasteiger charge is 2.36. The second-order valence-electron chi connectivity index (χ2n) is 9.56. The number of aromatic nitrogens is 3. The molecule has 1 atom stereocenters. The van der Waals surface area contributed by atoms with Crippen LogP contribution in [0, 0.1) is 0 Å². The maximum atomic E-state index is 12.9. The first kappa shape index (κ1) is 21.6. The van der Waals surface area contributed by atoms with Crippen LogP contribution in [0.15, 0.2) is 30.5 Å². The van der Waals surface area contributed by atoms with E-state index in [-0.39, 0.29) is 11.9 Å². The van der Waals surface area contributed by atoms with Crippen molar-refractivity contribution in [2.75, 3.05) is 51.5 Å². The van der Waals surface area contributed by atoms with Gasteiger partial charge in [-0.05, 0) is 31.2 Å². The standard InChI is InChI=1S/C26H31N5O3/c1-17-26(32)29(2)16-22-24(28-25(31(17)22)18-6-10-33-11-7-18)20-5-3-4-19-14-23(27-15-21(19)20)30-8-12-34-13-9-30/h3-5,14-15,17-18H,6-13,16H2,1-2H3. The van der Waals surface area contributed by atoms with Gasteiger partial charge < -0.3 is 23.8 Å². The molecule has 2 aromatic heterocycles. The van der Waals surface area contributed by atoms with E-state index in [1.165, 1.54) is 0 Å². The highest BCUT2D eigenvalue weighted by Crippen LogP contribution is 2.39. The van der Waals surface area contributed by atoms with E-state index in [0.717, 1.165) is 91.7 Å². The fourth-order valence-corrected chi connectivity index (χ4v) is 5.59. The molecule has 0 aliphatic carbocycles. The van der Waals surface area contributed by atoms with Crippen LogP contribution in [0.4, 0.5) is 5.82 Å². The Morgan fingerprint density at radius 1 is 1.06 bits per heavy atom. The van der Waals surface area contributed by atoms with Crippen molar-refractivity contribution in [2.45, 2.75) is 38.3 Å². The van der Waals surface area contributed by atoms with Gasteiger partial charge in [0.05, 0.1) is 31.1 Å². The molecule has 1 unspecified atom stereocenters. The lowest BCUT2D eigenvalue weighted by Crippen LogP contribution is -2.40. The summed E-state index contributed by atoms with van der Waals surface area (Å²) in [5, 5.41) is 2.24. The zero-order valence-corrected chi connectivity index (χ0v) is 19.9. The molecule has 0 saturated carbocycles. The van der Waals surface area contributed by atoms with Crippen molar-refractivity contribution in [1.82, 2.24) is 19.4 Å². The molecule has 8 nitrogen and oxygen atoms in total. The number of carbonyl (C=O) groups is 1. The predicted molar refractivity (Wildman–Crippen MR) is 130 cm³/mol. The van der Waals surface area contributed by atoms with E-state index in [9.17, 15) is 4.79 Å². The van der Waals surface area contributed by atoms with Gasteiger partial charge in [-0.15, -0.1) is 0 Å². The third-order valence-electron chi connectivity index (χ3n) is 7.47. The minimum Gasteiger partial charge on any atom is -0.381 e. The lowest BCUT2D eigenvalue weighted by atomic mass is 9.98. The lowest BCUT2D eigenvalue weighted by molar-refractivity contribution is -0.135. The molecule has 178 valence electrons. The Balaban J connectivity index is 1.48. The monoisotopic (exact) mass is 461 g/mol. The molecule has 0 bridgehead atoms. The molecule has 3 aliphatic rings. The van der Waals surface area contributed by atoms with Gasteiger partial charge in [-0.1, -0.05) is 18.2 Å². The van der Waals surface area contributed by atoms with Crippen LogP contribution in [-0.4, -0.2) is 71.9 Å². The van der Waals surface area contributed by atoms with Crippen LogP contribution < -0.4 is 4.90 Å². The third-order valence-corrected chi connectivity index (χ3v) is 7.47. The summed E-state index contributed by atoms with van der Waals surface area (Å²) in [6, 6.07) is 8.29. The predicted octanol–water partition coefficient (Wildman–Crippen LogP) is 3.36. The van der Waals surface area contributed by atoms with Gasteiger partial charge in [-0.2, -0.15) is 0 Å². The van der Waals surface area contributed by atoms with Crippen LogP contribution in [0.1, 0.15) is 43.2 Å². The van der Waals surface area contributed by atoms with Crippen LogP contribution in [0.3, 0.4) is 0 Å². The Morgan fingerprint density at radius 3 is 2.62 bits per heavy atom. The number of nitrogens with zero attached hydrogens (tertiary/aromatic N) is 5. The number of hydrogen-bond acceptors (Lipinski definition) is 6. The second-order valence-corrected chi connectivity index (χ2v) is 9.56. The summed E-state index contributed by atoms with van der Waals surface area (Å²) < 4.78 is 13.3. The Bertz CT molecular complexity index is 1230. The molecule has 3 aromatic rings. The van der Waals surface area contributed by atoms with Gasteiger partial charge in [0.2, 0.25) is 5.91 Å². The van der Waals surface area contributed by atoms with E-state index in [1.807, 2.05) is 25.1 Å². The molecule has 6 rings (SSSR count). The number of anilines is 1. The summed E-state index contributed by atoms with van der Waals surface area (Å²) >= 11 is 0. The Kier molecular flexibility index (Phi) is 5.50. The number of carbonyl (C=O) groups excluding carboxylic acids is 1. The van der Waals surface area contributed by atoms with Gasteiger partial charge in [-0.25, -0.2) is 9.97 Å². The number of benzene rings is 1. The van der Waals surface area contributed by atoms with Crippen molar-refractivity contribution in [2.24, 2.45) is 0 Å². The summed E-state index contributed by atoms with van der Waals surface area (Å²) in [4.78, 5) is 27.1. The van der Waals surface area contributed by atoms with Crippen molar-refractivity contribution in [3.05, 3.63) is 42.0 Å². The number of fused-ring (bicyclic) bond motifs is 2. The Hall–Kier alpha value is -2.97. The maximum Gasteiger partial charge on any atom is 0.245 e. The summed E-state index contributed by atoms with van der Waals surface area (Å²) in [6.07, 6.45) is 3.86. The van der Waals surface area contributed by atoms with E-state index in [4.69, 9.17) is 19.4 Å². The number of likely N-dealkylation sites (N-methyl/N-ethyl adjacent to an activating group) is 1. The van der Waals surface area contributed by atoms with E-state index in [0.29, 0.717) is 12.5 Å². The fraction of sp³-hybridized carbons (Fsp3) is 0.500. The highest BCUT2D eigenvalue weighted by molar-refractivity contribution is 5.97. The number of hydrogen-bond donors (Lipinski definition) is 0. The summed E-state index contributed by atoms with van der Waals surface area (Å²) in [5.41, 5.74) is 3.16. The molecule has 2 fully saturated rings. The number of rotatable bonds is 3. The average molecular weight is 462 g/mol. The van der Waals surface area contributed by atoms with Crippen molar-refractivity contribution in [3.8, 4) is 11.3 Å². The minimum atomic E-state index is -0.256. The van der Waals surface area contributed by atoms with E-state index in [1.54, 1.807) is 0 Å². The Labute approximate surface area is 199 Å². The van der Waals surface area contributed by atoms with Gasteiger partial charge in [0.25, 0.3) is 0 Å². The first-order valence-corrected chi connectivity index (χ1v) is 12.3. The average Bonchev–Trinajstić information content (AvgIpc) is 3.27. The number of ether oxygens (including phenoxy) is 2. The zero-order valence-electron chi connectivity index (χ0n) is 19.9. The smallest absolute Gasteiger partial charge is 0.245 e. The molecule has 3 aliphatic heterocycles. The van der Waals surface area contributed by atoms with Crippen LogP contribution >= 0.6 is 0 Å². The lowest BCUT2D eigenvalue weighted by Gasteiger charge is -2.32. The SMILES string of the molecule is CC1C(=O)N(C)Cc2c(-c3cccc4cc(N5CCOCC5)ncc34)nc(C3CCOCC3)n21. The van der Waals surface area contributed by atoms with E-state index >= 15 is 0 Å². The first-order chi connectivity index (χ1) is 16.6. The molecule has 34 heavy (non-hydrogen) atoms. The van der Waals surface area contributed by atoms with Crippen LogP contribution in [0.5, 0.6) is 0 Å². The summed E-state index contributed by atoms with van der Waals surface area (Å²) in [7, 11) is 1.88. The van der Waals surface area contributed by atoms with Gasteiger partial charge >= 0.3 is 0 Å². The summed E-state index contributed by atoms with van der Waals surface area (Å²) in [5.74, 6) is 2.46. The molecule has 2 saturated heterocycles. The molecular weight excluding hydrogens is 430 g/mol. The quantitative estimate of drug-likeness (QED) is 0.596. The van der Waals surface area contributed by atoms with Crippen molar-refractivity contribution < 1.29 is 14.3 Å². The van der Waals surface area contributed by atoms with Gasteiger partial charge in [0, 0.05) is 56.4 Å². The molecule has 8 heteroatoms. The van der Waals surface area contributed by atoms with Crippen molar-refractivity contribution >= 4 is 22.5 Å². The van der Waals surface area contributed by atoms with E-state index < -0.39 is 0 Å². The molecule has 0 radical (unpaired) electrons.